The van der Waals surface area contributed by atoms with Gasteiger partial charge in [0.2, 0.25) is 0 Å². The first-order valence-corrected chi connectivity index (χ1v) is 12.4. The molecule has 8 heteroatoms. The summed E-state index contributed by atoms with van der Waals surface area (Å²) in [6.07, 6.45) is 4.65. The van der Waals surface area contributed by atoms with Gasteiger partial charge in [-0.05, 0) is 66.1 Å². The molecule has 1 saturated heterocycles. The molecule has 0 atom stereocenters. The third-order valence-electron chi connectivity index (χ3n) is 7.69. The minimum Gasteiger partial charge on any atom is -0.496 e. The Morgan fingerprint density at radius 1 is 1.03 bits per heavy atom. The van der Waals surface area contributed by atoms with Crippen LogP contribution in [-0.4, -0.2) is 52.5 Å². The molecule has 1 amide bonds. The van der Waals surface area contributed by atoms with Gasteiger partial charge >= 0.3 is 0 Å². The van der Waals surface area contributed by atoms with Crippen LogP contribution in [0.15, 0.2) is 55.0 Å². The second-order valence-corrected chi connectivity index (χ2v) is 10.0. The van der Waals surface area contributed by atoms with Gasteiger partial charge in [-0.1, -0.05) is 18.2 Å². The molecule has 1 aliphatic carbocycles. The first kappa shape index (κ1) is 24.7. The van der Waals surface area contributed by atoms with Gasteiger partial charge in [-0.25, -0.2) is 14.4 Å². The first-order chi connectivity index (χ1) is 17.8. The van der Waals surface area contributed by atoms with Gasteiger partial charge in [-0.3, -0.25) is 14.4 Å². The molecule has 37 heavy (non-hydrogen) atoms. The molecule has 1 aliphatic heterocycles. The standard InChI is InChI=1S/C29H28FN3O4/c1-18-13-20(19-3-5-21(30)6-4-19)14-25(37-2)26(18)27-23(34)15-29(16-24(27)35)8-11-33(12-9-29)28(36)22-7-10-31-17-32-22/h3-7,10,13-14,17,27H,8-9,11-12,15-16H2,1-2H3. The molecule has 2 aliphatic rings. The van der Waals surface area contributed by atoms with E-state index in [4.69, 9.17) is 4.74 Å². The zero-order valence-corrected chi connectivity index (χ0v) is 20.9. The minimum absolute atomic E-state index is 0.109. The van der Waals surface area contributed by atoms with Gasteiger partial charge < -0.3 is 9.64 Å². The maximum absolute atomic E-state index is 13.5. The van der Waals surface area contributed by atoms with Crippen molar-refractivity contribution in [1.29, 1.82) is 0 Å². The Labute approximate surface area is 214 Å². The van der Waals surface area contributed by atoms with E-state index < -0.39 is 11.3 Å². The lowest BCUT2D eigenvalue weighted by Gasteiger charge is -2.44. The smallest absolute Gasteiger partial charge is 0.272 e. The number of piperidine rings is 1. The minimum atomic E-state index is -0.872. The highest BCUT2D eigenvalue weighted by Gasteiger charge is 2.48. The summed E-state index contributed by atoms with van der Waals surface area (Å²) in [5.74, 6) is -1.09. The van der Waals surface area contributed by atoms with Crippen molar-refractivity contribution in [2.24, 2.45) is 5.41 Å². The fourth-order valence-corrected chi connectivity index (χ4v) is 5.74. The summed E-state index contributed by atoms with van der Waals surface area (Å²) in [7, 11) is 1.52. The van der Waals surface area contributed by atoms with Crippen LogP contribution in [0.1, 0.15) is 53.2 Å². The Kier molecular flexibility index (Phi) is 6.58. The predicted octanol–water partition coefficient (Wildman–Crippen LogP) is 4.54. The second-order valence-electron chi connectivity index (χ2n) is 10.0. The SMILES string of the molecule is COc1cc(-c2ccc(F)cc2)cc(C)c1C1C(=O)CC2(CCN(C(=O)c3ccncn3)CC2)CC1=O. The summed E-state index contributed by atoms with van der Waals surface area (Å²) in [5, 5.41) is 0. The normalized spacial score (nSPS) is 17.8. The number of likely N-dealkylation sites (tertiary alicyclic amines) is 1. The monoisotopic (exact) mass is 501 g/mol. The number of carbonyl (C=O) groups is 3. The number of amides is 1. The Morgan fingerprint density at radius 2 is 1.70 bits per heavy atom. The summed E-state index contributed by atoms with van der Waals surface area (Å²) in [4.78, 5) is 49.4. The van der Waals surface area contributed by atoms with Crippen LogP contribution in [0.4, 0.5) is 4.39 Å². The first-order valence-electron chi connectivity index (χ1n) is 12.4. The van der Waals surface area contributed by atoms with E-state index in [0.29, 0.717) is 55.8 Å². The molecule has 1 saturated carbocycles. The highest BCUT2D eigenvalue weighted by molar-refractivity contribution is 6.11. The number of ether oxygens (including phenoxy) is 1. The van der Waals surface area contributed by atoms with Gasteiger partial charge in [0.1, 0.15) is 41.1 Å². The average molecular weight is 502 g/mol. The van der Waals surface area contributed by atoms with Crippen LogP contribution in [0.5, 0.6) is 5.75 Å². The predicted molar refractivity (Wildman–Crippen MR) is 135 cm³/mol. The number of Topliss-reactive ketones (excluding diaryl/α,β-unsaturated/α-hetero) is 2. The van der Waals surface area contributed by atoms with Gasteiger partial charge in [0.05, 0.1) is 7.11 Å². The Bertz CT molecular complexity index is 1330. The zero-order valence-electron chi connectivity index (χ0n) is 20.9. The number of halogens is 1. The summed E-state index contributed by atoms with van der Waals surface area (Å²) >= 11 is 0. The molecule has 0 radical (unpaired) electrons. The van der Waals surface area contributed by atoms with E-state index in [0.717, 1.165) is 16.7 Å². The summed E-state index contributed by atoms with van der Waals surface area (Å²) in [5.41, 5.74) is 2.95. The number of methoxy groups -OCH3 is 1. The number of benzene rings is 2. The molecule has 2 heterocycles. The van der Waals surface area contributed by atoms with Crippen LogP contribution in [0.25, 0.3) is 11.1 Å². The van der Waals surface area contributed by atoms with Crippen molar-refractivity contribution >= 4 is 17.5 Å². The molecule has 0 N–H and O–H groups in total. The van der Waals surface area contributed by atoms with E-state index in [9.17, 15) is 18.8 Å². The number of hydrogen-bond donors (Lipinski definition) is 0. The summed E-state index contributed by atoms with van der Waals surface area (Å²) in [6.45, 7) is 2.82. The third kappa shape index (κ3) is 4.75. The molecular weight excluding hydrogens is 473 g/mol. The maximum atomic E-state index is 13.5. The molecule has 1 spiro atoms. The summed E-state index contributed by atoms with van der Waals surface area (Å²) in [6, 6.07) is 11.5. The van der Waals surface area contributed by atoms with E-state index in [1.165, 1.54) is 31.8 Å². The lowest BCUT2D eigenvalue weighted by Crippen LogP contribution is -2.48. The average Bonchev–Trinajstić information content (AvgIpc) is 2.90. The number of rotatable bonds is 4. The molecule has 0 bridgehead atoms. The largest absolute Gasteiger partial charge is 0.496 e. The van der Waals surface area contributed by atoms with Crippen molar-refractivity contribution in [2.75, 3.05) is 20.2 Å². The fraction of sp³-hybridized carbons (Fsp3) is 0.345. The van der Waals surface area contributed by atoms with Crippen molar-refractivity contribution < 1.29 is 23.5 Å². The van der Waals surface area contributed by atoms with E-state index >= 15 is 0 Å². The molecule has 0 unspecified atom stereocenters. The van der Waals surface area contributed by atoms with Crippen LogP contribution in [0.2, 0.25) is 0 Å². The van der Waals surface area contributed by atoms with Crippen LogP contribution in [0.3, 0.4) is 0 Å². The van der Waals surface area contributed by atoms with E-state index in [-0.39, 0.29) is 23.3 Å². The highest BCUT2D eigenvalue weighted by Crippen LogP contribution is 2.48. The lowest BCUT2D eigenvalue weighted by atomic mass is 9.63. The van der Waals surface area contributed by atoms with Crippen LogP contribution in [-0.2, 0) is 9.59 Å². The Morgan fingerprint density at radius 3 is 2.30 bits per heavy atom. The lowest BCUT2D eigenvalue weighted by molar-refractivity contribution is -0.138. The Balaban J connectivity index is 1.35. The van der Waals surface area contributed by atoms with Crippen molar-refractivity contribution in [3.8, 4) is 16.9 Å². The molecule has 190 valence electrons. The number of nitrogens with zero attached hydrogens (tertiary/aromatic N) is 3. The molecule has 5 rings (SSSR count). The highest BCUT2D eigenvalue weighted by atomic mass is 19.1. The van der Waals surface area contributed by atoms with Gasteiger partial charge in [-0.15, -0.1) is 0 Å². The number of hydrogen-bond acceptors (Lipinski definition) is 6. The van der Waals surface area contributed by atoms with Crippen LogP contribution >= 0.6 is 0 Å². The number of ketones is 2. The quantitative estimate of drug-likeness (QED) is 0.488. The van der Waals surface area contributed by atoms with E-state index in [1.807, 2.05) is 13.0 Å². The van der Waals surface area contributed by atoms with Gasteiger partial charge in [0.15, 0.2) is 0 Å². The van der Waals surface area contributed by atoms with Crippen molar-refractivity contribution in [1.82, 2.24) is 14.9 Å². The number of aryl methyl sites for hydroxylation is 1. The van der Waals surface area contributed by atoms with Gasteiger partial charge in [-0.2, -0.15) is 0 Å². The van der Waals surface area contributed by atoms with Crippen molar-refractivity contribution in [3.05, 3.63) is 77.6 Å². The molecule has 2 fully saturated rings. The van der Waals surface area contributed by atoms with E-state index in [1.54, 1.807) is 29.2 Å². The molecular formula is C29H28FN3O4. The Hall–Kier alpha value is -3.94. The molecule has 3 aromatic rings. The van der Waals surface area contributed by atoms with Crippen molar-refractivity contribution in [2.45, 2.75) is 38.5 Å². The third-order valence-corrected chi connectivity index (χ3v) is 7.69. The maximum Gasteiger partial charge on any atom is 0.272 e. The topological polar surface area (TPSA) is 89.5 Å². The number of carbonyl (C=O) groups excluding carboxylic acids is 3. The van der Waals surface area contributed by atoms with Crippen LogP contribution < -0.4 is 4.74 Å². The molecule has 1 aromatic heterocycles. The fourth-order valence-electron chi connectivity index (χ4n) is 5.74. The van der Waals surface area contributed by atoms with Crippen molar-refractivity contribution in [3.63, 3.8) is 0 Å². The van der Waals surface area contributed by atoms with Gasteiger partial charge in [0.25, 0.3) is 5.91 Å². The summed E-state index contributed by atoms with van der Waals surface area (Å²) < 4.78 is 19.0. The zero-order chi connectivity index (χ0) is 26.2. The van der Waals surface area contributed by atoms with Crippen LogP contribution in [0, 0.1) is 18.2 Å². The molecule has 7 nitrogen and oxygen atoms in total. The molecule has 2 aromatic carbocycles. The van der Waals surface area contributed by atoms with E-state index in [2.05, 4.69) is 9.97 Å². The van der Waals surface area contributed by atoms with Gasteiger partial charge in [0, 0.05) is 37.7 Å². The number of aromatic nitrogens is 2. The second kappa shape index (κ2) is 9.84.